The molecule has 3 rings (SSSR count). The van der Waals surface area contributed by atoms with Gasteiger partial charge in [-0.05, 0) is 42.0 Å². The van der Waals surface area contributed by atoms with Gasteiger partial charge >= 0.3 is 0 Å². The molecule has 2 N–H and O–H groups in total. The number of carbonyl (C=O) groups is 1. The largest absolute Gasteiger partial charge is 0.380 e. The van der Waals surface area contributed by atoms with Gasteiger partial charge in [-0.3, -0.25) is 9.78 Å². The molecule has 0 atom stereocenters. The lowest BCUT2D eigenvalue weighted by Crippen LogP contribution is -2.13. The van der Waals surface area contributed by atoms with E-state index in [-0.39, 0.29) is 5.91 Å². The molecule has 0 fully saturated rings. The first-order valence-electron chi connectivity index (χ1n) is 7.47. The second-order valence-electron chi connectivity index (χ2n) is 5.23. The normalized spacial score (nSPS) is 10.3. The van der Waals surface area contributed by atoms with E-state index in [0.29, 0.717) is 28.0 Å². The number of hydrogen-bond donors (Lipinski definition) is 2. The van der Waals surface area contributed by atoms with Crippen LogP contribution in [0, 0.1) is 0 Å². The number of nitrogens with one attached hydrogen (secondary N) is 2. The van der Waals surface area contributed by atoms with Gasteiger partial charge in [-0.15, -0.1) is 0 Å². The second-order valence-corrected chi connectivity index (χ2v) is 6.04. The average Bonchev–Trinajstić information content (AvgIpc) is 2.64. The van der Waals surface area contributed by atoms with Crippen molar-refractivity contribution in [1.29, 1.82) is 0 Å². The van der Waals surface area contributed by atoms with Crippen molar-refractivity contribution in [3.63, 3.8) is 0 Å². The SMILES string of the molecule is O=C(Nc1ccc(NCc2cccnc2)cn1)c1ccc(Cl)c(Cl)c1. The maximum Gasteiger partial charge on any atom is 0.256 e. The summed E-state index contributed by atoms with van der Waals surface area (Å²) in [6.07, 6.45) is 5.18. The quantitative estimate of drug-likeness (QED) is 0.683. The molecule has 7 heteroatoms. The van der Waals surface area contributed by atoms with Crippen LogP contribution in [0.25, 0.3) is 0 Å². The van der Waals surface area contributed by atoms with Gasteiger partial charge in [-0.2, -0.15) is 0 Å². The molecular weight excluding hydrogens is 359 g/mol. The molecule has 25 heavy (non-hydrogen) atoms. The third kappa shape index (κ3) is 4.68. The van der Waals surface area contributed by atoms with Gasteiger partial charge in [0, 0.05) is 24.5 Å². The molecule has 2 heterocycles. The number of rotatable bonds is 5. The monoisotopic (exact) mass is 372 g/mol. The minimum Gasteiger partial charge on any atom is -0.380 e. The van der Waals surface area contributed by atoms with E-state index in [1.165, 1.54) is 6.07 Å². The molecule has 1 amide bonds. The van der Waals surface area contributed by atoms with E-state index in [2.05, 4.69) is 20.6 Å². The fourth-order valence-corrected chi connectivity index (χ4v) is 2.40. The predicted molar refractivity (Wildman–Crippen MR) is 100 cm³/mol. The minimum atomic E-state index is -0.304. The van der Waals surface area contributed by atoms with Gasteiger partial charge in [-0.25, -0.2) is 4.98 Å². The summed E-state index contributed by atoms with van der Waals surface area (Å²) in [6, 6.07) is 12.1. The summed E-state index contributed by atoms with van der Waals surface area (Å²) in [4.78, 5) is 20.5. The number of nitrogens with zero attached hydrogens (tertiary/aromatic N) is 2. The first kappa shape index (κ1) is 17.2. The van der Waals surface area contributed by atoms with Crippen LogP contribution in [0.15, 0.2) is 61.1 Å². The molecular formula is C18H14Cl2N4O. The van der Waals surface area contributed by atoms with E-state index < -0.39 is 0 Å². The second kappa shape index (κ2) is 7.96. The fraction of sp³-hybridized carbons (Fsp3) is 0.0556. The summed E-state index contributed by atoms with van der Waals surface area (Å²) < 4.78 is 0. The number of pyridine rings is 2. The predicted octanol–water partition coefficient (Wildman–Crippen LogP) is 4.65. The molecule has 2 aromatic heterocycles. The van der Waals surface area contributed by atoms with Gasteiger partial charge < -0.3 is 10.6 Å². The van der Waals surface area contributed by atoms with Gasteiger partial charge in [-0.1, -0.05) is 29.3 Å². The third-order valence-electron chi connectivity index (χ3n) is 3.41. The van der Waals surface area contributed by atoms with Gasteiger partial charge in [0.15, 0.2) is 0 Å². The van der Waals surface area contributed by atoms with Crippen molar-refractivity contribution in [2.24, 2.45) is 0 Å². The molecule has 0 unspecified atom stereocenters. The first-order valence-corrected chi connectivity index (χ1v) is 8.22. The summed E-state index contributed by atoms with van der Waals surface area (Å²) >= 11 is 11.8. The van der Waals surface area contributed by atoms with Gasteiger partial charge in [0.1, 0.15) is 5.82 Å². The van der Waals surface area contributed by atoms with Crippen LogP contribution >= 0.6 is 23.2 Å². The van der Waals surface area contributed by atoms with Crippen molar-refractivity contribution >= 4 is 40.6 Å². The molecule has 5 nitrogen and oxygen atoms in total. The Labute approximate surface area is 155 Å². The highest BCUT2D eigenvalue weighted by Crippen LogP contribution is 2.23. The Kier molecular flexibility index (Phi) is 5.48. The molecule has 0 aliphatic carbocycles. The van der Waals surface area contributed by atoms with Crippen molar-refractivity contribution in [2.75, 3.05) is 10.6 Å². The number of hydrogen-bond acceptors (Lipinski definition) is 4. The van der Waals surface area contributed by atoms with E-state index in [0.717, 1.165) is 11.3 Å². The van der Waals surface area contributed by atoms with Crippen LogP contribution in [0.5, 0.6) is 0 Å². The van der Waals surface area contributed by atoms with E-state index in [4.69, 9.17) is 23.2 Å². The number of carbonyl (C=O) groups excluding carboxylic acids is 1. The summed E-state index contributed by atoms with van der Waals surface area (Å²) in [6.45, 7) is 0.643. The van der Waals surface area contributed by atoms with Crippen molar-refractivity contribution in [3.05, 3.63) is 82.2 Å². The number of halogens is 2. The summed E-state index contributed by atoms with van der Waals surface area (Å²) in [7, 11) is 0. The van der Waals surface area contributed by atoms with Crippen LogP contribution in [-0.4, -0.2) is 15.9 Å². The topological polar surface area (TPSA) is 66.9 Å². The lowest BCUT2D eigenvalue weighted by molar-refractivity contribution is 0.102. The molecule has 1 aromatic carbocycles. The lowest BCUT2D eigenvalue weighted by atomic mass is 10.2. The van der Waals surface area contributed by atoms with Crippen LogP contribution in [0.2, 0.25) is 10.0 Å². The smallest absolute Gasteiger partial charge is 0.256 e. The Morgan fingerprint density at radius 2 is 1.92 bits per heavy atom. The maximum atomic E-state index is 12.2. The van der Waals surface area contributed by atoms with Crippen molar-refractivity contribution < 1.29 is 4.79 Å². The number of benzene rings is 1. The molecule has 0 saturated carbocycles. The van der Waals surface area contributed by atoms with Crippen LogP contribution in [0.1, 0.15) is 15.9 Å². The van der Waals surface area contributed by atoms with Gasteiger partial charge in [0.25, 0.3) is 5.91 Å². The van der Waals surface area contributed by atoms with Crippen LogP contribution in [-0.2, 0) is 6.54 Å². The van der Waals surface area contributed by atoms with E-state index in [1.54, 1.807) is 36.8 Å². The molecule has 0 spiro atoms. The molecule has 0 aliphatic heterocycles. The number of anilines is 2. The Hall–Kier alpha value is -2.63. The van der Waals surface area contributed by atoms with Crippen LogP contribution in [0.4, 0.5) is 11.5 Å². The standard InChI is InChI=1S/C18H14Cl2N4O/c19-15-5-3-13(8-16(15)20)18(25)24-17-6-4-14(11-23-17)22-10-12-2-1-7-21-9-12/h1-9,11,22H,10H2,(H,23,24,25). The number of amides is 1. The highest BCUT2D eigenvalue weighted by Gasteiger charge is 2.09. The average molecular weight is 373 g/mol. The number of aromatic nitrogens is 2. The Morgan fingerprint density at radius 1 is 1.04 bits per heavy atom. The molecule has 3 aromatic rings. The molecule has 0 aliphatic rings. The van der Waals surface area contributed by atoms with Gasteiger partial charge in [0.2, 0.25) is 0 Å². The fourth-order valence-electron chi connectivity index (χ4n) is 2.11. The zero-order valence-electron chi connectivity index (χ0n) is 13.0. The van der Waals surface area contributed by atoms with E-state index in [9.17, 15) is 4.79 Å². The third-order valence-corrected chi connectivity index (χ3v) is 4.15. The molecule has 0 bridgehead atoms. The Bertz CT molecular complexity index is 870. The van der Waals surface area contributed by atoms with Crippen molar-refractivity contribution in [2.45, 2.75) is 6.54 Å². The molecule has 0 radical (unpaired) electrons. The molecule has 126 valence electrons. The van der Waals surface area contributed by atoms with E-state index in [1.807, 2.05) is 18.2 Å². The Balaban J connectivity index is 1.60. The first-order chi connectivity index (χ1) is 12.1. The van der Waals surface area contributed by atoms with Gasteiger partial charge in [0.05, 0.1) is 21.9 Å². The summed E-state index contributed by atoms with van der Waals surface area (Å²) in [5, 5.41) is 6.69. The van der Waals surface area contributed by atoms with Crippen LogP contribution in [0.3, 0.4) is 0 Å². The van der Waals surface area contributed by atoms with E-state index >= 15 is 0 Å². The highest BCUT2D eigenvalue weighted by atomic mass is 35.5. The zero-order valence-corrected chi connectivity index (χ0v) is 14.6. The maximum absolute atomic E-state index is 12.2. The Morgan fingerprint density at radius 3 is 2.60 bits per heavy atom. The molecule has 0 saturated heterocycles. The van der Waals surface area contributed by atoms with Crippen LogP contribution < -0.4 is 10.6 Å². The van der Waals surface area contributed by atoms with Crippen molar-refractivity contribution in [1.82, 2.24) is 9.97 Å². The zero-order chi connectivity index (χ0) is 17.6. The minimum absolute atomic E-state index is 0.304. The summed E-state index contributed by atoms with van der Waals surface area (Å²) in [5.41, 5.74) is 2.32. The van der Waals surface area contributed by atoms with Crippen molar-refractivity contribution in [3.8, 4) is 0 Å². The summed E-state index contributed by atoms with van der Waals surface area (Å²) in [5.74, 6) is 0.144. The lowest BCUT2D eigenvalue weighted by Gasteiger charge is -2.08. The highest BCUT2D eigenvalue weighted by molar-refractivity contribution is 6.42.